The van der Waals surface area contributed by atoms with Crippen molar-refractivity contribution >= 4 is 11.3 Å². The van der Waals surface area contributed by atoms with Gasteiger partial charge in [0.1, 0.15) is 10.8 Å². The van der Waals surface area contributed by atoms with Gasteiger partial charge in [0, 0.05) is 16.4 Å². The Morgan fingerprint density at radius 1 is 1.25 bits per heavy atom. The third kappa shape index (κ3) is 2.25. The highest BCUT2D eigenvalue weighted by molar-refractivity contribution is 7.13. The van der Waals surface area contributed by atoms with Gasteiger partial charge in [0.25, 0.3) is 0 Å². The second kappa shape index (κ2) is 3.91. The number of phenolic OH excluding ortho intramolecular Hbond substituents is 1. The Labute approximate surface area is 99.6 Å². The lowest BCUT2D eigenvalue weighted by atomic mass is 9.93. The Hall–Kier alpha value is -1.35. The summed E-state index contributed by atoms with van der Waals surface area (Å²) in [5.41, 5.74) is 2.14. The Morgan fingerprint density at radius 2 is 2.00 bits per heavy atom. The first-order valence-electron chi connectivity index (χ1n) is 5.22. The molecule has 2 rings (SSSR count). The monoisotopic (exact) mass is 233 g/mol. The largest absolute Gasteiger partial charge is 0.508 e. The smallest absolute Gasteiger partial charge is 0.123 e. The van der Waals surface area contributed by atoms with E-state index >= 15 is 0 Å². The standard InChI is InChI=1S/C13H15NOS/c1-13(2,3)11-8-16-12(14-11)9-5-4-6-10(15)7-9/h4-8,15H,1-3H3. The van der Waals surface area contributed by atoms with E-state index in [1.807, 2.05) is 12.1 Å². The van der Waals surface area contributed by atoms with E-state index in [9.17, 15) is 5.11 Å². The van der Waals surface area contributed by atoms with E-state index in [0.29, 0.717) is 0 Å². The summed E-state index contributed by atoms with van der Waals surface area (Å²) in [7, 11) is 0. The van der Waals surface area contributed by atoms with Crippen LogP contribution in [0.1, 0.15) is 26.5 Å². The number of benzene rings is 1. The van der Waals surface area contributed by atoms with Crippen molar-refractivity contribution in [2.75, 3.05) is 0 Å². The molecular formula is C13H15NOS. The average molecular weight is 233 g/mol. The van der Waals surface area contributed by atoms with Gasteiger partial charge in [-0.1, -0.05) is 32.9 Å². The highest BCUT2D eigenvalue weighted by atomic mass is 32.1. The highest BCUT2D eigenvalue weighted by Crippen LogP contribution is 2.30. The SMILES string of the molecule is CC(C)(C)c1csc(-c2cccc(O)c2)n1. The van der Waals surface area contributed by atoms with E-state index in [1.165, 1.54) is 0 Å². The molecule has 1 aromatic carbocycles. The number of hydrogen-bond donors (Lipinski definition) is 1. The summed E-state index contributed by atoms with van der Waals surface area (Å²) in [6.07, 6.45) is 0. The topological polar surface area (TPSA) is 33.1 Å². The summed E-state index contributed by atoms with van der Waals surface area (Å²) < 4.78 is 0. The molecule has 0 unspecified atom stereocenters. The second-order valence-corrected chi connectivity index (χ2v) is 5.70. The Balaban J connectivity index is 2.39. The number of aromatic nitrogens is 1. The van der Waals surface area contributed by atoms with E-state index in [2.05, 4.69) is 31.1 Å². The first-order valence-corrected chi connectivity index (χ1v) is 6.10. The summed E-state index contributed by atoms with van der Waals surface area (Å²) in [6, 6.07) is 7.21. The van der Waals surface area contributed by atoms with Crippen molar-refractivity contribution in [3.8, 4) is 16.3 Å². The molecule has 0 fully saturated rings. The molecule has 0 radical (unpaired) electrons. The normalized spacial score (nSPS) is 11.7. The van der Waals surface area contributed by atoms with E-state index in [-0.39, 0.29) is 11.2 Å². The quantitative estimate of drug-likeness (QED) is 0.812. The van der Waals surface area contributed by atoms with E-state index < -0.39 is 0 Å². The maximum Gasteiger partial charge on any atom is 0.123 e. The molecule has 84 valence electrons. The maximum absolute atomic E-state index is 9.42. The molecule has 2 aromatic rings. The number of rotatable bonds is 1. The molecule has 0 aliphatic heterocycles. The minimum absolute atomic E-state index is 0.0750. The fourth-order valence-corrected chi connectivity index (χ4v) is 2.43. The first kappa shape index (κ1) is 11.1. The molecule has 16 heavy (non-hydrogen) atoms. The maximum atomic E-state index is 9.42. The molecule has 0 aliphatic carbocycles. The lowest BCUT2D eigenvalue weighted by Crippen LogP contribution is -2.11. The van der Waals surface area contributed by atoms with E-state index in [0.717, 1.165) is 16.3 Å². The number of aromatic hydroxyl groups is 1. The van der Waals surface area contributed by atoms with Crippen molar-refractivity contribution in [1.29, 1.82) is 0 Å². The highest BCUT2D eigenvalue weighted by Gasteiger charge is 2.17. The van der Waals surface area contributed by atoms with Crippen molar-refractivity contribution in [2.24, 2.45) is 0 Å². The van der Waals surface area contributed by atoms with E-state index in [1.54, 1.807) is 23.5 Å². The first-order chi connectivity index (χ1) is 7.47. The second-order valence-electron chi connectivity index (χ2n) is 4.84. The van der Waals surface area contributed by atoms with Crippen LogP contribution in [0.15, 0.2) is 29.6 Å². The molecule has 0 atom stereocenters. The zero-order chi connectivity index (χ0) is 11.8. The van der Waals surface area contributed by atoms with Crippen molar-refractivity contribution < 1.29 is 5.11 Å². The van der Waals surface area contributed by atoms with Crippen molar-refractivity contribution in [3.63, 3.8) is 0 Å². The van der Waals surface area contributed by atoms with Crippen LogP contribution in [0.25, 0.3) is 10.6 Å². The van der Waals surface area contributed by atoms with Gasteiger partial charge in [0.05, 0.1) is 5.69 Å². The lowest BCUT2D eigenvalue weighted by Gasteiger charge is -2.14. The van der Waals surface area contributed by atoms with Crippen LogP contribution in [0.4, 0.5) is 0 Å². The number of nitrogens with zero attached hydrogens (tertiary/aromatic N) is 1. The number of phenols is 1. The van der Waals surface area contributed by atoms with Crippen molar-refractivity contribution in [2.45, 2.75) is 26.2 Å². The average Bonchev–Trinajstić information content (AvgIpc) is 2.65. The molecule has 0 aliphatic rings. The van der Waals surface area contributed by atoms with Gasteiger partial charge in [-0.05, 0) is 12.1 Å². The summed E-state index contributed by atoms with van der Waals surface area (Å²) in [4.78, 5) is 4.60. The van der Waals surface area contributed by atoms with Crippen molar-refractivity contribution in [1.82, 2.24) is 4.98 Å². The molecular weight excluding hydrogens is 218 g/mol. The van der Waals surface area contributed by atoms with E-state index in [4.69, 9.17) is 0 Å². The van der Waals surface area contributed by atoms with Crippen LogP contribution in [-0.4, -0.2) is 10.1 Å². The van der Waals surface area contributed by atoms with Gasteiger partial charge in [-0.3, -0.25) is 0 Å². The number of hydrogen-bond acceptors (Lipinski definition) is 3. The molecule has 0 spiro atoms. The van der Waals surface area contributed by atoms with Crippen LogP contribution in [0.5, 0.6) is 5.75 Å². The molecule has 0 saturated carbocycles. The predicted molar refractivity (Wildman–Crippen MR) is 67.9 cm³/mol. The molecule has 1 N–H and O–H groups in total. The summed E-state index contributed by atoms with van der Waals surface area (Å²) in [6.45, 7) is 6.44. The minimum Gasteiger partial charge on any atom is -0.508 e. The van der Waals surface area contributed by atoms with Gasteiger partial charge in [0.2, 0.25) is 0 Å². The van der Waals surface area contributed by atoms with Gasteiger partial charge >= 0.3 is 0 Å². The van der Waals surface area contributed by atoms with Gasteiger partial charge in [0.15, 0.2) is 0 Å². The van der Waals surface area contributed by atoms with Crippen LogP contribution in [-0.2, 0) is 5.41 Å². The fraction of sp³-hybridized carbons (Fsp3) is 0.308. The summed E-state index contributed by atoms with van der Waals surface area (Å²) in [5.74, 6) is 0.282. The van der Waals surface area contributed by atoms with Crippen LogP contribution in [0.2, 0.25) is 0 Å². The van der Waals surface area contributed by atoms with Crippen LogP contribution < -0.4 is 0 Å². The van der Waals surface area contributed by atoms with Gasteiger partial charge in [-0.15, -0.1) is 11.3 Å². The molecule has 0 amide bonds. The lowest BCUT2D eigenvalue weighted by molar-refractivity contribution is 0.475. The fourth-order valence-electron chi connectivity index (χ4n) is 1.39. The van der Waals surface area contributed by atoms with Gasteiger partial charge in [-0.2, -0.15) is 0 Å². The number of thiazole rings is 1. The Morgan fingerprint density at radius 3 is 2.56 bits per heavy atom. The summed E-state index contributed by atoms with van der Waals surface area (Å²) >= 11 is 1.62. The zero-order valence-electron chi connectivity index (χ0n) is 9.69. The van der Waals surface area contributed by atoms with Gasteiger partial charge in [-0.25, -0.2) is 4.98 Å². The molecule has 0 saturated heterocycles. The summed E-state index contributed by atoms with van der Waals surface area (Å²) in [5, 5.41) is 12.5. The molecule has 1 heterocycles. The molecule has 2 nitrogen and oxygen atoms in total. The zero-order valence-corrected chi connectivity index (χ0v) is 10.5. The Bertz CT molecular complexity index is 497. The molecule has 0 bridgehead atoms. The van der Waals surface area contributed by atoms with Gasteiger partial charge < -0.3 is 5.11 Å². The molecule has 1 aromatic heterocycles. The van der Waals surface area contributed by atoms with Crippen LogP contribution in [0, 0.1) is 0 Å². The minimum atomic E-state index is 0.0750. The predicted octanol–water partition coefficient (Wildman–Crippen LogP) is 3.81. The third-order valence-electron chi connectivity index (χ3n) is 2.37. The third-order valence-corrected chi connectivity index (χ3v) is 3.26. The van der Waals surface area contributed by atoms with Crippen molar-refractivity contribution in [3.05, 3.63) is 35.3 Å². The van der Waals surface area contributed by atoms with Crippen LogP contribution in [0.3, 0.4) is 0 Å². The Kier molecular flexibility index (Phi) is 2.72. The van der Waals surface area contributed by atoms with Crippen LogP contribution >= 0.6 is 11.3 Å². The molecule has 3 heteroatoms.